The number of carboxylic acids is 1. The van der Waals surface area contributed by atoms with Gasteiger partial charge < -0.3 is 21.1 Å². The summed E-state index contributed by atoms with van der Waals surface area (Å²) in [6.07, 6.45) is 2.49. The van der Waals surface area contributed by atoms with Gasteiger partial charge in [-0.05, 0) is 30.8 Å². The van der Waals surface area contributed by atoms with Gasteiger partial charge >= 0.3 is 5.97 Å². The minimum Gasteiger partial charge on any atom is -0.480 e. The monoisotopic (exact) mass is 323 g/mol. The molecule has 4 N–H and O–H groups in total. The number of aliphatic carboxylic acids is 1. The Bertz CT molecular complexity index is 522. The van der Waals surface area contributed by atoms with Gasteiger partial charge in [-0.25, -0.2) is 0 Å². The molecule has 0 aliphatic carbocycles. The van der Waals surface area contributed by atoms with Crippen LogP contribution in [0, 0.1) is 0 Å². The predicted octanol–water partition coefficient (Wildman–Crippen LogP) is 1.50. The van der Waals surface area contributed by atoms with Crippen LogP contribution < -0.4 is 16.0 Å². The number of carbonyl (C=O) groups excluding carboxylic acids is 1. The van der Waals surface area contributed by atoms with Gasteiger partial charge in [-0.2, -0.15) is 0 Å². The number of nitrogens with one attached hydrogen (secondary N) is 1. The van der Waals surface area contributed by atoms with E-state index in [4.69, 9.17) is 23.1 Å². The summed E-state index contributed by atoms with van der Waals surface area (Å²) < 4.78 is 0. The maximum Gasteiger partial charge on any atom is 0.320 e. The lowest BCUT2D eigenvalue weighted by atomic mass is 10.1. The highest BCUT2D eigenvalue weighted by molar-refractivity contribution is 7.80. The standard InChI is InChI=1S/C9H8N2OS.C6H13NO2/c12-8-6-11(9(13)10-8)7-4-2-1-3-5-7;1-2-3-4-5(7)6(8)9/h1-5H,6H2,(H,10,12,13);5H,2-4,7H2,1H3,(H,8,9). The number of carboxylic acid groups (broad SMARTS) is 1. The zero-order valence-corrected chi connectivity index (χ0v) is 13.3. The van der Waals surface area contributed by atoms with E-state index in [0.29, 0.717) is 18.1 Å². The fraction of sp³-hybridized carbons (Fsp3) is 0.400. The van der Waals surface area contributed by atoms with Crippen molar-refractivity contribution < 1.29 is 14.7 Å². The van der Waals surface area contributed by atoms with Crippen molar-refractivity contribution in [3.8, 4) is 0 Å². The molecular weight excluding hydrogens is 302 g/mol. The third-order valence-electron chi connectivity index (χ3n) is 3.05. The Hall–Kier alpha value is -1.99. The van der Waals surface area contributed by atoms with Gasteiger partial charge in [0.15, 0.2) is 5.11 Å². The lowest BCUT2D eigenvalue weighted by molar-refractivity contribution is -0.138. The Labute approximate surface area is 135 Å². The summed E-state index contributed by atoms with van der Waals surface area (Å²) in [6.45, 7) is 2.33. The summed E-state index contributed by atoms with van der Waals surface area (Å²) in [5.74, 6) is -0.947. The molecule has 1 saturated heterocycles. The van der Waals surface area contributed by atoms with Crippen molar-refractivity contribution in [1.82, 2.24) is 5.32 Å². The maximum atomic E-state index is 11.0. The topological polar surface area (TPSA) is 95.7 Å². The van der Waals surface area contributed by atoms with Crippen molar-refractivity contribution in [1.29, 1.82) is 0 Å². The normalized spacial score (nSPS) is 14.9. The van der Waals surface area contributed by atoms with E-state index in [1.54, 1.807) is 4.90 Å². The summed E-state index contributed by atoms with van der Waals surface area (Å²) in [5, 5.41) is 11.3. The Morgan fingerprint density at radius 1 is 1.45 bits per heavy atom. The minimum absolute atomic E-state index is 0.0474. The van der Waals surface area contributed by atoms with Crippen molar-refractivity contribution in [3.63, 3.8) is 0 Å². The van der Waals surface area contributed by atoms with Gasteiger partial charge in [0.2, 0.25) is 5.91 Å². The summed E-state index contributed by atoms with van der Waals surface area (Å²) >= 11 is 4.99. The van der Waals surface area contributed by atoms with Gasteiger partial charge in [0.1, 0.15) is 12.6 Å². The number of anilines is 1. The summed E-state index contributed by atoms with van der Waals surface area (Å²) in [6, 6.07) is 8.95. The molecule has 1 unspecified atom stereocenters. The molecule has 1 heterocycles. The second-order valence-corrected chi connectivity index (χ2v) is 5.25. The molecule has 22 heavy (non-hydrogen) atoms. The van der Waals surface area contributed by atoms with Crippen molar-refractivity contribution in [3.05, 3.63) is 30.3 Å². The molecule has 2 rings (SSSR count). The highest BCUT2D eigenvalue weighted by Gasteiger charge is 2.23. The molecule has 1 amide bonds. The van der Waals surface area contributed by atoms with Crippen molar-refractivity contribution in [2.45, 2.75) is 32.2 Å². The zero-order chi connectivity index (χ0) is 16.5. The van der Waals surface area contributed by atoms with Gasteiger partial charge in [0.05, 0.1) is 0 Å². The SMILES string of the molecule is CCCCC(N)C(=O)O.O=C1CN(c2ccccc2)C(=S)N1. The number of para-hydroxylation sites is 1. The number of hydrogen-bond acceptors (Lipinski definition) is 4. The van der Waals surface area contributed by atoms with E-state index in [1.165, 1.54) is 0 Å². The van der Waals surface area contributed by atoms with Gasteiger partial charge in [0.25, 0.3) is 0 Å². The molecule has 7 heteroatoms. The van der Waals surface area contributed by atoms with Crippen LogP contribution in [0.4, 0.5) is 5.69 Å². The van der Waals surface area contributed by atoms with Crippen molar-refractivity contribution >= 4 is 34.9 Å². The molecule has 1 aliphatic heterocycles. The van der Waals surface area contributed by atoms with Gasteiger partial charge in [0, 0.05) is 5.69 Å². The highest BCUT2D eigenvalue weighted by Crippen LogP contribution is 2.15. The maximum absolute atomic E-state index is 11.0. The van der Waals surface area contributed by atoms with E-state index in [0.717, 1.165) is 18.5 Å². The minimum atomic E-state index is -0.900. The van der Waals surface area contributed by atoms with Crippen LogP contribution in [-0.4, -0.2) is 34.7 Å². The first-order chi connectivity index (χ1) is 10.5. The van der Waals surface area contributed by atoms with Crippen molar-refractivity contribution in [2.75, 3.05) is 11.4 Å². The van der Waals surface area contributed by atoms with E-state index >= 15 is 0 Å². The molecular formula is C15H21N3O3S. The average molecular weight is 323 g/mol. The number of benzene rings is 1. The van der Waals surface area contributed by atoms with Crippen LogP contribution in [0.15, 0.2) is 30.3 Å². The number of carbonyl (C=O) groups is 2. The molecule has 1 fully saturated rings. The summed E-state index contributed by atoms with van der Waals surface area (Å²) in [7, 11) is 0. The molecule has 1 atom stereocenters. The number of amides is 1. The van der Waals surface area contributed by atoms with E-state index in [9.17, 15) is 9.59 Å². The predicted molar refractivity (Wildman–Crippen MR) is 89.7 cm³/mol. The second-order valence-electron chi connectivity index (χ2n) is 4.86. The van der Waals surface area contributed by atoms with Crippen LogP contribution in [-0.2, 0) is 9.59 Å². The van der Waals surface area contributed by atoms with Gasteiger partial charge in [-0.15, -0.1) is 0 Å². The van der Waals surface area contributed by atoms with Crippen LogP contribution in [0.25, 0.3) is 0 Å². The quantitative estimate of drug-likeness (QED) is 0.711. The molecule has 0 spiro atoms. The van der Waals surface area contributed by atoms with E-state index in [1.807, 2.05) is 37.3 Å². The van der Waals surface area contributed by atoms with E-state index in [-0.39, 0.29) is 5.91 Å². The number of unbranched alkanes of at least 4 members (excludes halogenated alkanes) is 1. The van der Waals surface area contributed by atoms with Crippen LogP contribution in [0.1, 0.15) is 26.2 Å². The summed E-state index contributed by atoms with van der Waals surface area (Å²) in [4.78, 5) is 22.9. The Morgan fingerprint density at radius 3 is 2.55 bits per heavy atom. The van der Waals surface area contributed by atoms with Crippen LogP contribution in [0.3, 0.4) is 0 Å². The number of nitrogens with two attached hydrogens (primary N) is 1. The molecule has 0 aromatic heterocycles. The summed E-state index contributed by atoms with van der Waals surface area (Å²) in [5.41, 5.74) is 6.15. The Balaban J connectivity index is 0.000000239. The number of nitrogens with zero attached hydrogens (tertiary/aromatic N) is 1. The second kappa shape index (κ2) is 9.11. The number of hydrogen-bond donors (Lipinski definition) is 3. The zero-order valence-electron chi connectivity index (χ0n) is 12.5. The molecule has 120 valence electrons. The van der Waals surface area contributed by atoms with Gasteiger partial charge in [-0.3, -0.25) is 9.59 Å². The lowest BCUT2D eigenvalue weighted by Gasteiger charge is -2.14. The first-order valence-electron chi connectivity index (χ1n) is 7.10. The molecule has 1 aromatic rings. The van der Waals surface area contributed by atoms with Crippen LogP contribution in [0.2, 0.25) is 0 Å². The fourth-order valence-electron chi connectivity index (χ4n) is 1.81. The molecule has 0 saturated carbocycles. The van der Waals surface area contributed by atoms with Crippen LogP contribution >= 0.6 is 12.2 Å². The Kier molecular flexibility index (Phi) is 7.48. The average Bonchev–Trinajstić information content (AvgIpc) is 2.85. The lowest BCUT2D eigenvalue weighted by Crippen LogP contribution is -2.29. The molecule has 1 aromatic carbocycles. The van der Waals surface area contributed by atoms with Crippen molar-refractivity contribution in [2.24, 2.45) is 5.73 Å². The number of rotatable bonds is 5. The molecule has 0 bridgehead atoms. The van der Waals surface area contributed by atoms with Crippen LogP contribution in [0.5, 0.6) is 0 Å². The first kappa shape index (κ1) is 18.1. The van der Waals surface area contributed by atoms with E-state index in [2.05, 4.69) is 5.32 Å². The number of thiocarbonyl (C=S) groups is 1. The third kappa shape index (κ3) is 5.79. The first-order valence-corrected chi connectivity index (χ1v) is 7.51. The largest absolute Gasteiger partial charge is 0.480 e. The fourth-order valence-corrected chi connectivity index (χ4v) is 2.09. The Morgan fingerprint density at radius 2 is 2.09 bits per heavy atom. The highest BCUT2D eigenvalue weighted by atomic mass is 32.1. The van der Waals surface area contributed by atoms with E-state index < -0.39 is 12.0 Å². The molecule has 6 nitrogen and oxygen atoms in total. The molecule has 0 radical (unpaired) electrons. The third-order valence-corrected chi connectivity index (χ3v) is 3.37. The van der Waals surface area contributed by atoms with Gasteiger partial charge in [-0.1, -0.05) is 38.0 Å². The molecule has 1 aliphatic rings. The smallest absolute Gasteiger partial charge is 0.320 e.